The minimum Gasteiger partial charge on any atom is -0.497 e. The summed E-state index contributed by atoms with van der Waals surface area (Å²) in [6.07, 6.45) is 8.20. The van der Waals surface area contributed by atoms with E-state index in [1.807, 2.05) is 12.1 Å². The number of fused-ring (bicyclic) bond motifs is 3. The van der Waals surface area contributed by atoms with Crippen LogP contribution in [-0.4, -0.2) is 20.0 Å². The minimum absolute atomic E-state index is 0.292. The lowest BCUT2D eigenvalue weighted by atomic mass is 9.71. The number of ketones is 1. The topological polar surface area (TPSA) is 35.5 Å². The molecule has 0 unspecified atom stereocenters. The van der Waals surface area contributed by atoms with Crippen LogP contribution in [0.25, 0.3) is 0 Å². The predicted molar refractivity (Wildman–Crippen MR) is 89.0 cm³/mol. The Hall–Kier alpha value is -1.51. The first-order valence-electron chi connectivity index (χ1n) is 8.99. The fourth-order valence-electron chi connectivity index (χ4n) is 5.85. The lowest BCUT2D eigenvalue weighted by molar-refractivity contribution is -0.126. The number of hydrogen-bond acceptors (Lipinski definition) is 3. The van der Waals surface area contributed by atoms with E-state index in [0.717, 1.165) is 36.3 Å². The van der Waals surface area contributed by atoms with Gasteiger partial charge in [-0.15, -0.1) is 0 Å². The third-order valence-corrected chi connectivity index (χ3v) is 6.72. The number of Topliss-reactive ketones (excluding diaryl/α,β-unsaturated/α-hetero) is 1. The number of benzene rings is 1. The molecule has 0 N–H and O–H groups in total. The summed E-state index contributed by atoms with van der Waals surface area (Å²) in [4.78, 5) is 13.5. The average Bonchev–Trinajstić information content (AvgIpc) is 3.14. The smallest absolute Gasteiger partial charge is 0.147 e. The van der Waals surface area contributed by atoms with Gasteiger partial charge in [0.25, 0.3) is 0 Å². The molecule has 0 heterocycles. The standard InChI is InChI=1S/C20H26O3/c1-22-13-9-10-17(18(12-13)23-2)20-11-5-8-16(20)14-6-3-4-7-15(14)19(20)21/h9-10,12,14-16H,3-8,11H2,1-2H3/t14-,15-,16+,20+/m1/s1. The van der Waals surface area contributed by atoms with Gasteiger partial charge in [0.1, 0.15) is 17.3 Å². The zero-order valence-corrected chi connectivity index (χ0v) is 14.1. The molecule has 3 aliphatic rings. The Kier molecular flexibility index (Phi) is 3.62. The Labute approximate surface area is 138 Å². The van der Waals surface area contributed by atoms with E-state index in [9.17, 15) is 4.79 Å². The fourth-order valence-corrected chi connectivity index (χ4v) is 5.85. The second kappa shape index (κ2) is 5.54. The number of methoxy groups -OCH3 is 2. The quantitative estimate of drug-likeness (QED) is 0.841. The van der Waals surface area contributed by atoms with Crippen molar-refractivity contribution in [1.29, 1.82) is 0 Å². The molecule has 3 saturated carbocycles. The van der Waals surface area contributed by atoms with Crippen LogP contribution in [-0.2, 0) is 10.2 Å². The zero-order valence-electron chi connectivity index (χ0n) is 14.1. The second-order valence-corrected chi connectivity index (χ2v) is 7.46. The molecule has 3 nitrogen and oxygen atoms in total. The van der Waals surface area contributed by atoms with Gasteiger partial charge in [-0.2, -0.15) is 0 Å². The fraction of sp³-hybridized carbons (Fsp3) is 0.650. The number of carbonyl (C=O) groups is 1. The Morgan fingerprint density at radius 1 is 1.04 bits per heavy atom. The summed E-state index contributed by atoms with van der Waals surface area (Å²) in [5, 5.41) is 0. The normalized spacial score (nSPS) is 35.7. The highest BCUT2D eigenvalue weighted by molar-refractivity contribution is 5.96. The molecule has 0 bridgehead atoms. The molecular weight excluding hydrogens is 288 g/mol. The molecule has 0 aliphatic heterocycles. The van der Waals surface area contributed by atoms with Crippen LogP contribution in [0.5, 0.6) is 11.5 Å². The number of ether oxygens (including phenoxy) is 2. The molecule has 1 aromatic rings. The van der Waals surface area contributed by atoms with E-state index in [0.29, 0.717) is 23.5 Å². The van der Waals surface area contributed by atoms with Gasteiger partial charge < -0.3 is 9.47 Å². The number of rotatable bonds is 3. The van der Waals surface area contributed by atoms with Crippen LogP contribution in [0.4, 0.5) is 0 Å². The van der Waals surface area contributed by atoms with E-state index >= 15 is 0 Å². The van der Waals surface area contributed by atoms with Crippen molar-refractivity contribution in [3.8, 4) is 11.5 Å². The molecule has 3 fully saturated rings. The van der Waals surface area contributed by atoms with Gasteiger partial charge in [0, 0.05) is 17.5 Å². The summed E-state index contributed by atoms with van der Waals surface area (Å²) in [5.74, 6) is 3.53. The molecule has 0 radical (unpaired) electrons. The van der Waals surface area contributed by atoms with Gasteiger partial charge in [-0.25, -0.2) is 0 Å². The second-order valence-electron chi connectivity index (χ2n) is 7.46. The van der Waals surface area contributed by atoms with E-state index in [2.05, 4.69) is 6.07 Å². The van der Waals surface area contributed by atoms with Crippen LogP contribution in [0.1, 0.15) is 50.5 Å². The summed E-state index contributed by atoms with van der Waals surface area (Å²) in [6.45, 7) is 0. The van der Waals surface area contributed by atoms with Crippen LogP contribution >= 0.6 is 0 Å². The first-order valence-corrected chi connectivity index (χ1v) is 8.99. The lowest BCUT2D eigenvalue weighted by Crippen LogP contribution is -2.35. The maximum atomic E-state index is 13.5. The molecule has 0 amide bonds. The SMILES string of the molecule is COc1ccc([C@]23CCC[C@H]2[C@@H]2CCCC[C@H]2C3=O)c(OC)c1. The van der Waals surface area contributed by atoms with Crippen molar-refractivity contribution < 1.29 is 14.3 Å². The van der Waals surface area contributed by atoms with Gasteiger partial charge in [-0.3, -0.25) is 4.79 Å². The van der Waals surface area contributed by atoms with Crippen molar-refractivity contribution in [2.45, 2.75) is 50.4 Å². The zero-order chi connectivity index (χ0) is 16.0. The van der Waals surface area contributed by atoms with Crippen LogP contribution in [0.2, 0.25) is 0 Å². The summed E-state index contributed by atoms with van der Waals surface area (Å²) in [6, 6.07) is 6.01. The number of carbonyl (C=O) groups excluding carboxylic acids is 1. The van der Waals surface area contributed by atoms with E-state index in [1.165, 1.54) is 25.7 Å². The summed E-state index contributed by atoms with van der Waals surface area (Å²) in [7, 11) is 3.37. The predicted octanol–water partition coefficient (Wildman–Crippen LogP) is 4.13. The highest BCUT2D eigenvalue weighted by atomic mass is 16.5. The molecule has 0 spiro atoms. The Morgan fingerprint density at radius 2 is 1.87 bits per heavy atom. The molecule has 23 heavy (non-hydrogen) atoms. The van der Waals surface area contributed by atoms with E-state index < -0.39 is 0 Å². The number of hydrogen-bond donors (Lipinski definition) is 0. The van der Waals surface area contributed by atoms with Gasteiger partial charge in [0.2, 0.25) is 0 Å². The van der Waals surface area contributed by atoms with Gasteiger partial charge in [-0.05, 0) is 43.6 Å². The van der Waals surface area contributed by atoms with E-state index in [4.69, 9.17) is 9.47 Å². The molecule has 4 rings (SSSR count). The van der Waals surface area contributed by atoms with Crippen molar-refractivity contribution >= 4 is 5.78 Å². The molecule has 1 aromatic carbocycles. The summed E-state index contributed by atoms with van der Waals surface area (Å²) in [5.41, 5.74) is 0.819. The molecule has 3 heteroatoms. The molecule has 124 valence electrons. The van der Waals surface area contributed by atoms with Crippen LogP contribution in [0, 0.1) is 17.8 Å². The maximum Gasteiger partial charge on any atom is 0.147 e. The van der Waals surface area contributed by atoms with E-state index in [-0.39, 0.29) is 5.41 Å². The van der Waals surface area contributed by atoms with Crippen LogP contribution in [0.15, 0.2) is 18.2 Å². The Bertz CT molecular complexity index is 623. The molecule has 0 aromatic heterocycles. The lowest BCUT2D eigenvalue weighted by Gasteiger charge is -2.32. The van der Waals surface area contributed by atoms with Crippen LogP contribution in [0.3, 0.4) is 0 Å². The summed E-state index contributed by atoms with van der Waals surface area (Å²) >= 11 is 0. The molecular formula is C20H26O3. The maximum absolute atomic E-state index is 13.5. The van der Waals surface area contributed by atoms with E-state index in [1.54, 1.807) is 14.2 Å². The summed E-state index contributed by atoms with van der Waals surface area (Å²) < 4.78 is 11.0. The highest BCUT2D eigenvalue weighted by Gasteiger charge is 2.62. The first-order chi connectivity index (χ1) is 11.2. The minimum atomic E-state index is -0.294. The third kappa shape index (κ3) is 1.98. The van der Waals surface area contributed by atoms with Crippen molar-refractivity contribution in [2.75, 3.05) is 14.2 Å². The van der Waals surface area contributed by atoms with Crippen molar-refractivity contribution in [3.05, 3.63) is 23.8 Å². The van der Waals surface area contributed by atoms with Gasteiger partial charge in [0.15, 0.2) is 0 Å². The first kappa shape index (κ1) is 15.0. The van der Waals surface area contributed by atoms with Crippen molar-refractivity contribution in [2.24, 2.45) is 17.8 Å². The molecule has 3 aliphatic carbocycles. The third-order valence-electron chi connectivity index (χ3n) is 6.72. The molecule has 4 atom stereocenters. The largest absolute Gasteiger partial charge is 0.497 e. The highest BCUT2D eigenvalue weighted by Crippen LogP contribution is 2.62. The van der Waals surface area contributed by atoms with Gasteiger partial charge >= 0.3 is 0 Å². The van der Waals surface area contributed by atoms with Crippen molar-refractivity contribution in [3.63, 3.8) is 0 Å². The average molecular weight is 314 g/mol. The van der Waals surface area contributed by atoms with Gasteiger partial charge in [-0.1, -0.05) is 25.3 Å². The van der Waals surface area contributed by atoms with Crippen molar-refractivity contribution in [1.82, 2.24) is 0 Å². The monoisotopic (exact) mass is 314 g/mol. The Balaban J connectivity index is 1.84. The molecule has 0 saturated heterocycles. The van der Waals surface area contributed by atoms with Crippen LogP contribution < -0.4 is 9.47 Å². The van der Waals surface area contributed by atoms with Gasteiger partial charge in [0.05, 0.1) is 19.6 Å². The Morgan fingerprint density at radius 3 is 2.65 bits per heavy atom.